The Morgan fingerprint density at radius 2 is 0.809 bits per heavy atom. The lowest BCUT2D eigenvalue weighted by Crippen LogP contribution is -1.86. The third kappa shape index (κ3) is 4.56. The Bertz CT molecular complexity index is 2750. The summed E-state index contributed by atoms with van der Waals surface area (Å²) in [4.78, 5) is 4.98. The molecule has 0 aliphatic rings. The van der Waals surface area contributed by atoms with Crippen molar-refractivity contribution in [3.63, 3.8) is 0 Å². The van der Waals surface area contributed by atoms with Gasteiger partial charge in [-0.2, -0.15) is 15.8 Å². The van der Waals surface area contributed by atoms with Crippen LogP contribution in [0.4, 0.5) is 0 Å². The Kier molecular flexibility index (Phi) is 6.18. The monoisotopic (exact) mass is 650 g/mol. The molecular weight excluding hydrogens is 633 g/mol. The highest BCUT2D eigenvalue weighted by Crippen LogP contribution is 2.42. The molecule has 0 fully saturated rings. The number of nitriles is 3. The molecule has 4 nitrogen and oxygen atoms in total. The fourth-order valence-corrected chi connectivity index (χ4v) is 9.62. The van der Waals surface area contributed by atoms with E-state index in [0.717, 1.165) is 63.2 Å². The standard InChI is InChI=1S/C40H18N4S3/c41-19-22-1-6-30-32-8-4-25(17-37(32)45-35(30)11-22)27-14-28(16-29(15-27)40-44-34-10-3-24(21-43)13-39(34)47-40)26-5-9-33-31-7-2-23(20-42)12-36(31)46-38(33)18-26/h1-18H. The Labute approximate surface area is 280 Å². The number of hydrogen-bond acceptors (Lipinski definition) is 7. The van der Waals surface area contributed by atoms with E-state index in [9.17, 15) is 15.8 Å². The molecule has 0 atom stereocenters. The lowest BCUT2D eigenvalue weighted by molar-refractivity contribution is 1.46. The largest absolute Gasteiger partial charge is 0.236 e. The molecule has 0 bridgehead atoms. The second-order valence-corrected chi connectivity index (χ2v) is 14.6. The van der Waals surface area contributed by atoms with Gasteiger partial charge >= 0.3 is 0 Å². The molecule has 9 rings (SSSR count). The van der Waals surface area contributed by atoms with Gasteiger partial charge in [0.2, 0.25) is 0 Å². The first kappa shape index (κ1) is 27.4. The maximum absolute atomic E-state index is 9.45. The van der Waals surface area contributed by atoms with E-state index in [4.69, 9.17) is 4.98 Å². The number of fused-ring (bicyclic) bond motifs is 7. The van der Waals surface area contributed by atoms with Gasteiger partial charge < -0.3 is 0 Å². The Morgan fingerprint density at radius 1 is 0.383 bits per heavy atom. The second-order valence-electron chi connectivity index (χ2n) is 11.4. The number of rotatable bonds is 3. The number of aromatic nitrogens is 1. The summed E-state index contributed by atoms with van der Waals surface area (Å²) in [5, 5.41) is 33.9. The molecule has 0 aliphatic carbocycles. The Hall–Kier alpha value is -5.88. The third-order valence-electron chi connectivity index (χ3n) is 8.57. The number of thiazole rings is 1. The highest BCUT2D eigenvalue weighted by atomic mass is 32.1. The molecule has 0 N–H and O–H groups in total. The van der Waals surface area contributed by atoms with Gasteiger partial charge in [0.15, 0.2) is 0 Å². The van der Waals surface area contributed by atoms with Crippen LogP contribution in [0.1, 0.15) is 16.7 Å². The number of nitrogens with zero attached hydrogens (tertiary/aromatic N) is 4. The van der Waals surface area contributed by atoms with Gasteiger partial charge in [0.25, 0.3) is 0 Å². The Morgan fingerprint density at radius 3 is 1.32 bits per heavy atom. The molecule has 6 aromatic carbocycles. The molecule has 9 aromatic rings. The molecule has 0 aliphatic heterocycles. The summed E-state index contributed by atoms with van der Waals surface area (Å²) in [5.41, 5.74) is 8.23. The summed E-state index contributed by atoms with van der Waals surface area (Å²) >= 11 is 5.01. The molecule has 0 radical (unpaired) electrons. The summed E-state index contributed by atoms with van der Waals surface area (Å²) in [6, 6.07) is 44.0. The third-order valence-corrected chi connectivity index (χ3v) is 11.9. The van der Waals surface area contributed by atoms with E-state index < -0.39 is 0 Å². The van der Waals surface area contributed by atoms with Gasteiger partial charge in [0.05, 0.1) is 45.1 Å². The van der Waals surface area contributed by atoms with Crippen molar-refractivity contribution in [3.05, 3.63) is 126 Å². The van der Waals surface area contributed by atoms with Crippen LogP contribution in [0, 0.1) is 34.0 Å². The van der Waals surface area contributed by atoms with Gasteiger partial charge in [-0.3, -0.25) is 0 Å². The van der Waals surface area contributed by atoms with E-state index in [0.29, 0.717) is 16.7 Å². The van der Waals surface area contributed by atoms with Crippen molar-refractivity contribution < 1.29 is 0 Å². The summed E-state index contributed by atoms with van der Waals surface area (Å²) in [6.45, 7) is 0. The predicted octanol–water partition coefficient (Wildman–Crippen LogP) is 11.6. The zero-order chi connectivity index (χ0) is 31.6. The van der Waals surface area contributed by atoms with Crippen LogP contribution in [-0.4, -0.2) is 4.98 Å². The van der Waals surface area contributed by atoms with Crippen LogP contribution < -0.4 is 0 Å². The SMILES string of the molecule is N#Cc1ccc2nc(-c3cc(-c4ccc5c(c4)sc4cc(C#N)ccc45)cc(-c4ccc5c(c4)sc4cc(C#N)ccc45)c3)sc2c1. The fraction of sp³-hybridized carbons (Fsp3) is 0. The maximum atomic E-state index is 9.45. The molecule has 3 heterocycles. The van der Waals surface area contributed by atoms with Gasteiger partial charge in [0.1, 0.15) is 5.01 Å². The molecule has 7 heteroatoms. The van der Waals surface area contributed by atoms with E-state index in [1.165, 1.54) is 20.2 Å². The molecule has 3 aromatic heterocycles. The van der Waals surface area contributed by atoms with Crippen molar-refractivity contribution >= 4 is 84.6 Å². The number of hydrogen-bond donors (Lipinski definition) is 0. The quantitative estimate of drug-likeness (QED) is 0.190. The van der Waals surface area contributed by atoms with Crippen LogP contribution in [-0.2, 0) is 0 Å². The van der Waals surface area contributed by atoms with Crippen LogP contribution in [0.3, 0.4) is 0 Å². The van der Waals surface area contributed by atoms with Crippen molar-refractivity contribution in [1.82, 2.24) is 4.98 Å². The summed E-state index contributed by atoms with van der Waals surface area (Å²) < 4.78 is 5.54. The van der Waals surface area contributed by atoms with Crippen molar-refractivity contribution in [2.75, 3.05) is 0 Å². The minimum atomic E-state index is 0.624. The minimum absolute atomic E-state index is 0.624. The predicted molar refractivity (Wildman–Crippen MR) is 196 cm³/mol. The first-order valence-electron chi connectivity index (χ1n) is 14.8. The van der Waals surface area contributed by atoms with Crippen LogP contribution in [0.15, 0.2) is 109 Å². The molecule has 0 unspecified atom stereocenters. The Balaban J connectivity index is 1.23. The lowest BCUT2D eigenvalue weighted by Gasteiger charge is -2.10. The zero-order valence-corrected chi connectivity index (χ0v) is 26.9. The highest BCUT2D eigenvalue weighted by molar-refractivity contribution is 7.26. The molecule has 47 heavy (non-hydrogen) atoms. The smallest absolute Gasteiger partial charge is 0.124 e. The molecule has 0 spiro atoms. The first-order chi connectivity index (χ1) is 23.1. The average Bonchev–Trinajstić information content (AvgIpc) is 3.82. The first-order valence-corrected chi connectivity index (χ1v) is 17.2. The minimum Gasteiger partial charge on any atom is -0.236 e. The highest BCUT2D eigenvalue weighted by Gasteiger charge is 2.15. The molecule has 0 amide bonds. The normalized spacial score (nSPS) is 11.3. The van der Waals surface area contributed by atoms with Crippen molar-refractivity contribution in [2.24, 2.45) is 0 Å². The summed E-state index contributed by atoms with van der Waals surface area (Å²) in [6.07, 6.45) is 0. The summed E-state index contributed by atoms with van der Waals surface area (Å²) in [5.74, 6) is 0. The van der Waals surface area contributed by atoms with Crippen LogP contribution in [0.5, 0.6) is 0 Å². The van der Waals surface area contributed by atoms with Crippen molar-refractivity contribution in [3.8, 4) is 51.0 Å². The van der Waals surface area contributed by atoms with E-state index in [1.54, 1.807) is 34.0 Å². The maximum Gasteiger partial charge on any atom is 0.124 e. The van der Waals surface area contributed by atoms with Gasteiger partial charge in [0, 0.05) is 45.9 Å². The van der Waals surface area contributed by atoms with E-state index in [1.807, 2.05) is 54.6 Å². The second kappa shape index (κ2) is 10.6. The van der Waals surface area contributed by atoms with Crippen LogP contribution >= 0.6 is 34.0 Å². The van der Waals surface area contributed by atoms with Crippen LogP contribution in [0.2, 0.25) is 0 Å². The van der Waals surface area contributed by atoms with E-state index in [-0.39, 0.29) is 0 Å². The van der Waals surface area contributed by atoms with Crippen molar-refractivity contribution in [2.45, 2.75) is 0 Å². The zero-order valence-electron chi connectivity index (χ0n) is 24.4. The van der Waals surface area contributed by atoms with Crippen LogP contribution in [0.25, 0.3) is 83.4 Å². The average molecular weight is 651 g/mol. The molecular formula is C40H18N4S3. The van der Waals surface area contributed by atoms with Gasteiger partial charge in [-0.15, -0.1) is 34.0 Å². The van der Waals surface area contributed by atoms with Gasteiger partial charge in [-0.25, -0.2) is 4.98 Å². The molecule has 0 saturated carbocycles. The van der Waals surface area contributed by atoms with Crippen molar-refractivity contribution in [1.29, 1.82) is 15.8 Å². The molecule has 216 valence electrons. The fourth-order valence-electron chi connectivity index (χ4n) is 6.25. The van der Waals surface area contributed by atoms with E-state index in [2.05, 4.69) is 72.8 Å². The lowest BCUT2D eigenvalue weighted by atomic mass is 9.95. The number of thiophene rings is 2. The molecule has 0 saturated heterocycles. The van der Waals surface area contributed by atoms with Gasteiger partial charge in [-0.05, 0) is 95.1 Å². The number of benzene rings is 6. The van der Waals surface area contributed by atoms with Gasteiger partial charge in [-0.1, -0.05) is 36.4 Å². The topological polar surface area (TPSA) is 84.3 Å². The summed E-state index contributed by atoms with van der Waals surface area (Å²) in [7, 11) is 0. The van der Waals surface area contributed by atoms with E-state index >= 15 is 0 Å².